The van der Waals surface area contributed by atoms with Gasteiger partial charge in [0.2, 0.25) is 0 Å². The second-order valence-corrected chi connectivity index (χ2v) is 10.9. The number of nitrogens with zero attached hydrogens (tertiary/aromatic N) is 6. The minimum absolute atomic E-state index is 0.137. The predicted molar refractivity (Wildman–Crippen MR) is 154 cm³/mol. The van der Waals surface area contributed by atoms with Gasteiger partial charge in [-0.05, 0) is 50.2 Å². The molecule has 1 unspecified atom stereocenters. The SMILES string of the molecule is C=Nc1ncc(Cl)n2c(C3CN(C(=O)C4(O)CCC4)CCO3)nc(-c3ccc(C(=O)Nc4cc(C(F)(F)F)ccn4)cc3)c12. The van der Waals surface area contributed by atoms with Crippen LogP contribution >= 0.6 is 11.6 Å². The number of amides is 2. The van der Waals surface area contributed by atoms with Gasteiger partial charge >= 0.3 is 6.18 Å². The zero-order chi connectivity index (χ0) is 31.2. The van der Waals surface area contributed by atoms with Gasteiger partial charge in [-0.3, -0.25) is 14.0 Å². The first-order valence-electron chi connectivity index (χ1n) is 13.6. The molecule has 1 aliphatic carbocycles. The second kappa shape index (κ2) is 11.3. The van der Waals surface area contributed by atoms with Gasteiger partial charge in [0.15, 0.2) is 5.82 Å². The summed E-state index contributed by atoms with van der Waals surface area (Å²) in [7, 11) is 0. The number of rotatable bonds is 6. The molecule has 2 N–H and O–H groups in total. The van der Waals surface area contributed by atoms with Gasteiger partial charge in [-0.1, -0.05) is 23.7 Å². The molecule has 44 heavy (non-hydrogen) atoms. The lowest BCUT2D eigenvalue weighted by molar-refractivity contribution is -0.167. The molecular weight excluding hydrogens is 603 g/mol. The number of fused-ring (bicyclic) bond motifs is 1. The number of alkyl halides is 3. The number of aliphatic imine (C=N–C) groups is 1. The summed E-state index contributed by atoms with van der Waals surface area (Å²) in [5.74, 6) is -0.639. The third-order valence-corrected chi connectivity index (χ3v) is 8.01. The van der Waals surface area contributed by atoms with E-state index in [2.05, 4.69) is 27.0 Å². The molecule has 1 saturated carbocycles. The van der Waals surface area contributed by atoms with Crippen molar-refractivity contribution in [3.63, 3.8) is 0 Å². The Morgan fingerprint density at radius 1 is 1.18 bits per heavy atom. The molecule has 15 heteroatoms. The van der Waals surface area contributed by atoms with Crippen LogP contribution in [0.3, 0.4) is 0 Å². The highest BCUT2D eigenvalue weighted by Gasteiger charge is 2.46. The number of anilines is 1. The summed E-state index contributed by atoms with van der Waals surface area (Å²) in [4.78, 5) is 44.3. The van der Waals surface area contributed by atoms with Gasteiger partial charge in [0, 0.05) is 23.9 Å². The normalized spacial score (nSPS) is 18.1. The molecular formula is C29H25ClF3N7O4. The Morgan fingerprint density at radius 2 is 1.93 bits per heavy atom. The number of carbonyl (C=O) groups is 2. The number of nitrogens with one attached hydrogen (secondary N) is 1. The van der Waals surface area contributed by atoms with Crippen molar-refractivity contribution in [1.82, 2.24) is 24.3 Å². The Bertz CT molecular complexity index is 1770. The average Bonchev–Trinajstić information content (AvgIpc) is 3.41. The summed E-state index contributed by atoms with van der Waals surface area (Å²) in [5.41, 5.74) is -0.773. The second-order valence-electron chi connectivity index (χ2n) is 10.5. The average molecular weight is 628 g/mol. The number of benzene rings is 1. The lowest BCUT2D eigenvalue weighted by Gasteiger charge is -2.41. The van der Waals surface area contributed by atoms with Crippen molar-refractivity contribution in [1.29, 1.82) is 0 Å². The number of halogens is 4. The lowest BCUT2D eigenvalue weighted by Crippen LogP contribution is -2.56. The third kappa shape index (κ3) is 5.40. The highest BCUT2D eigenvalue weighted by Crippen LogP contribution is 2.38. The Balaban J connectivity index is 1.31. The van der Waals surface area contributed by atoms with E-state index in [-0.39, 0.29) is 41.4 Å². The van der Waals surface area contributed by atoms with Crippen LogP contribution in [0.1, 0.15) is 47.1 Å². The topological polar surface area (TPSA) is 134 Å². The lowest BCUT2D eigenvalue weighted by atomic mass is 9.79. The fraction of sp³-hybridized carbons (Fsp3) is 0.310. The predicted octanol–water partition coefficient (Wildman–Crippen LogP) is 4.86. The van der Waals surface area contributed by atoms with Crippen molar-refractivity contribution in [2.45, 2.75) is 37.1 Å². The Morgan fingerprint density at radius 3 is 2.59 bits per heavy atom. The summed E-state index contributed by atoms with van der Waals surface area (Å²) in [5, 5.41) is 13.2. The molecule has 4 heterocycles. The smallest absolute Gasteiger partial charge is 0.380 e. The summed E-state index contributed by atoms with van der Waals surface area (Å²) < 4.78 is 46.8. The van der Waals surface area contributed by atoms with Crippen molar-refractivity contribution in [2.75, 3.05) is 25.0 Å². The number of morpholine rings is 1. The zero-order valence-corrected chi connectivity index (χ0v) is 23.8. The maximum Gasteiger partial charge on any atom is 0.416 e. The molecule has 2 fully saturated rings. The van der Waals surface area contributed by atoms with Gasteiger partial charge in [0.25, 0.3) is 11.8 Å². The Labute approximate surface area is 253 Å². The molecule has 228 valence electrons. The van der Waals surface area contributed by atoms with Gasteiger partial charge in [-0.15, -0.1) is 0 Å². The number of imidazole rings is 1. The van der Waals surface area contributed by atoms with Gasteiger partial charge in [-0.25, -0.2) is 19.9 Å². The first-order chi connectivity index (χ1) is 21.0. The van der Waals surface area contributed by atoms with Gasteiger partial charge in [-0.2, -0.15) is 13.2 Å². The van der Waals surface area contributed by atoms with Crippen LogP contribution < -0.4 is 5.32 Å². The molecule has 1 aromatic carbocycles. The maximum atomic E-state index is 13.1. The molecule has 1 aliphatic heterocycles. The molecule has 3 aromatic heterocycles. The Hall–Kier alpha value is -4.40. The molecule has 2 aliphatic rings. The fourth-order valence-electron chi connectivity index (χ4n) is 5.28. The molecule has 2 amide bonds. The maximum absolute atomic E-state index is 13.1. The Kier molecular flexibility index (Phi) is 7.59. The van der Waals surface area contributed by atoms with Crippen molar-refractivity contribution in [3.8, 4) is 11.3 Å². The zero-order valence-electron chi connectivity index (χ0n) is 23.0. The van der Waals surface area contributed by atoms with Crippen molar-refractivity contribution in [3.05, 3.63) is 70.9 Å². The number of ether oxygens (including phenoxy) is 1. The van der Waals surface area contributed by atoms with Crippen molar-refractivity contribution < 1.29 is 32.6 Å². The van der Waals surface area contributed by atoms with E-state index >= 15 is 0 Å². The summed E-state index contributed by atoms with van der Waals surface area (Å²) in [6.07, 6.45) is -1.30. The quantitative estimate of drug-likeness (QED) is 0.292. The number of aliphatic hydroxyl groups is 1. The van der Waals surface area contributed by atoms with E-state index in [4.69, 9.17) is 21.3 Å². The van der Waals surface area contributed by atoms with E-state index < -0.39 is 29.4 Å². The molecule has 0 bridgehead atoms. The fourth-order valence-corrected chi connectivity index (χ4v) is 5.50. The standard InChI is InChI=1S/C29H25ClF3N7O4/c1-34-24-23-22(16-3-5-17(6-4-16)26(41)37-21-13-18(7-10-35-21)29(31,32)33)38-25(40(23)20(30)14-36-24)19-15-39(11-12-44-19)27(42)28(43)8-2-9-28/h3-7,10,13-14,19,43H,1-2,8-9,11-12,15H2,(H,35,37,41). The molecule has 1 atom stereocenters. The molecule has 6 rings (SSSR count). The highest BCUT2D eigenvalue weighted by atomic mass is 35.5. The van der Waals surface area contributed by atoms with Crippen LogP contribution in [0.2, 0.25) is 5.15 Å². The van der Waals surface area contributed by atoms with Crippen molar-refractivity contribution in [2.24, 2.45) is 4.99 Å². The minimum atomic E-state index is -4.58. The molecule has 11 nitrogen and oxygen atoms in total. The third-order valence-electron chi connectivity index (χ3n) is 7.74. The molecule has 1 saturated heterocycles. The van der Waals surface area contributed by atoms with Crippen LogP contribution in [-0.4, -0.2) is 73.2 Å². The van der Waals surface area contributed by atoms with E-state index in [0.29, 0.717) is 42.0 Å². The van der Waals surface area contributed by atoms with Crippen LogP contribution in [0.5, 0.6) is 0 Å². The summed E-state index contributed by atoms with van der Waals surface area (Å²) in [6.45, 7) is 4.28. The molecule has 4 aromatic rings. The number of pyridine rings is 1. The van der Waals surface area contributed by atoms with Gasteiger partial charge in [0.05, 0.1) is 24.9 Å². The number of hydrogen-bond acceptors (Lipinski definition) is 8. The largest absolute Gasteiger partial charge is 0.416 e. The first kappa shape index (κ1) is 29.7. The van der Waals surface area contributed by atoms with E-state index in [1.807, 2.05) is 0 Å². The summed E-state index contributed by atoms with van der Waals surface area (Å²) >= 11 is 6.59. The van der Waals surface area contributed by atoms with E-state index in [0.717, 1.165) is 24.8 Å². The van der Waals surface area contributed by atoms with Crippen LogP contribution in [0.25, 0.3) is 16.8 Å². The van der Waals surface area contributed by atoms with E-state index in [9.17, 15) is 27.9 Å². The highest BCUT2D eigenvalue weighted by molar-refractivity contribution is 6.30. The number of hydrogen-bond donors (Lipinski definition) is 2. The van der Waals surface area contributed by atoms with Crippen molar-refractivity contribution >= 4 is 47.3 Å². The molecule has 0 spiro atoms. The first-order valence-corrected chi connectivity index (χ1v) is 14.0. The van der Waals surface area contributed by atoms with Gasteiger partial charge < -0.3 is 20.1 Å². The minimum Gasteiger partial charge on any atom is -0.380 e. The van der Waals surface area contributed by atoms with Crippen LogP contribution in [0.15, 0.2) is 53.8 Å². The monoisotopic (exact) mass is 627 g/mol. The molecule has 0 radical (unpaired) electrons. The van der Waals surface area contributed by atoms with E-state index in [1.165, 1.54) is 18.3 Å². The van der Waals surface area contributed by atoms with Gasteiger partial charge in [0.1, 0.15) is 39.7 Å². The number of aromatic nitrogens is 4. The van der Waals surface area contributed by atoms with Crippen LogP contribution in [0, 0.1) is 0 Å². The van der Waals surface area contributed by atoms with Crippen LogP contribution in [-0.2, 0) is 15.7 Å². The number of carbonyl (C=O) groups excluding carboxylic acids is 2. The summed E-state index contributed by atoms with van der Waals surface area (Å²) in [6, 6.07) is 7.75. The van der Waals surface area contributed by atoms with Crippen LogP contribution in [0.4, 0.5) is 24.8 Å². The van der Waals surface area contributed by atoms with E-state index in [1.54, 1.807) is 21.4 Å².